The van der Waals surface area contributed by atoms with Gasteiger partial charge in [0.05, 0.1) is 11.9 Å². The molecular weight excluding hydrogens is 211 g/mol. The van der Waals surface area contributed by atoms with Crippen molar-refractivity contribution in [3.63, 3.8) is 0 Å². The molecule has 6 heteroatoms. The third-order valence-corrected chi connectivity index (χ3v) is 1.88. The maximum atomic E-state index is 13.1. The summed E-state index contributed by atoms with van der Waals surface area (Å²) in [4.78, 5) is 3.34. The smallest absolute Gasteiger partial charge is 0.281 e. The van der Waals surface area contributed by atoms with E-state index in [4.69, 9.17) is 5.11 Å². The Hall–Kier alpha value is -1.14. The van der Waals surface area contributed by atoms with Crippen LogP contribution in [0.3, 0.4) is 0 Å². The van der Waals surface area contributed by atoms with E-state index in [1.807, 2.05) is 0 Å². The molecule has 15 heavy (non-hydrogen) atoms. The Bertz CT molecular complexity index is 316. The second kappa shape index (κ2) is 4.59. The van der Waals surface area contributed by atoms with E-state index in [1.165, 1.54) is 0 Å². The van der Waals surface area contributed by atoms with Crippen LogP contribution < -0.4 is 0 Å². The van der Waals surface area contributed by atoms with Crippen LogP contribution in [0.25, 0.3) is 0 Å². The molecule has 1 heterocycles. The van der Waals surface area contributed by atoms with Crippen LogP contribution in [0.15, 0.2) is 18.3 Å². The molecule has 0 fully saturated rings. The first-order valence-corrected chi connectivity index (χ1v) is 4.25. The van der Waals surface area contributed by atoms with Crippen LogP contribution in [0, 0.1) is 5.82 Å². The Kier molecular flexibility index (Phi) is 3.65. The molecule has 2 N–H and O–H groups in total. The number of hydrogen-bond acceptors (Lipinski definition) is 3. The van der Waals surface area contributed by atoms with Crippen LogP contribution >= 0.6 is 0 Å². The number of aliphatic hydroxyl groups is 2. The minimum Gasteiger partial charge on any atom is -0.396 e. The van der Waals surface area contributed by atoms with Crippen LogP contribution in [0.5, 0.6) is 0 Å². The van der Waals surface area contributed by atoms with Crippen molar-refractivity contribution in [1.29, 1.82) is 0 Å². The summed E-state index contributed by atoms with van der Waals surface area (Å²) in [5.74, 6) is -4.14. The predicted molar refractivity (Wildman–Crippen MR) is 45.8 cm³/mol. The first kappa shape index (κ1) is 11.9. The van der Waals surface area contributed by atoms with Gasteiger partial charge in [0.25, 0.3) is 5.92 Å². The SMILES string of the molecule is OCCC(F)(F)C(O)c1ccc(F)cn1. The number of pyridine rings is 1. The van der Waals surface area contributed by atoms with Gasteiger partial charge in [-0.2, -0.15) is 0 Å². The molecule has 0 spiro atoms. The van der Waals surface area contributed by atoms with Gasteiger partial charge in [0.2, 0.25) is 0 Å². The molecule has 1 aromatic heterocycles. The number of aliphatic hydroxyl groups excluding tert-OH is 2. The first-order valence-electron chi connectivity index (χ1n) is 4.25. The summed E-state index contributed by atoms with van der Waals surface area (Å²) >= 11 is 0. The first-order chi connectivity index (χ1) is 6.97. The third-order valence-electron chi connectivity index (χ3n) is 1.88. The molecule has 1 atom stereocenters. The van der Waals surface area contributed by atoms with Gasteiger partial charge < -0.3 is 10.2 Å². The molecule has 0 saturated heterocycles. The fourth-order valence-electron chi connectivity index (χ4n) is 1.05. The lowest BCUT2D eigenvalue weighted by Gasteiger charge is -2.20. The van der Waals surface area contributed by atoms with Crippen molar-refractivity contribution in [2.45, 2.75) is 18.4 Å². The van der Waals surface area contributed by atoms with Gasteiger partial charge in [-0.1, -0.05) is 0 Å². The van der Waals surface area contributed by atoms with Gasteiger partial charge in [-0.15, -0.1) is 0 Å². The molecule has 0 bridgehead atoms. The summed E-state index contributed by atoms with van der Waals surface area (Å²) < 4.78 is 38.5. The van der Waals surface area contributed by atoms with Crippen molar-refractivity contribution in [1.82, 2.24) is 4.98 Å². The maximum Gasteiger partial charge on any atom is 0.281 e. The molecule has 1 rings (SSSR count). The molecule has 0 saturated carbocycles. The van der Waals surface area contributed by atoms with E-state index >= 15 is 0 Å². The lowest BCUT2D eigenvalue weighted by atomic mass is 10.1. The normalized spacial score (nSPS) is 13.9. The predicted octanol–water partition coefficient (Wildman–Crippen LogP) is 1.27. The van der Waals surface area contributed by atoms with Crippen molar-refractivity contribution in [3.8, 4) is 0 Å². The topological polar surface area (TPSA) is 53.4 Å². The number of nitrogens with zero attached hydrogens (tertiary/aromatic N) is 1. The number of alkyl halides is 2. The highest BCUT2D eigenvalue weighted by Crippen LogP contribution is 2.32. The van der Waals surface area contributed by atoms with Crippen LogP contribution in [-0.2, 0) is 0 Å². The van der Waals surface area contributed by atoms with Gasteiger partial charge in [-0.05, 0) is 12.1 Å². The van der Waals surface area contributed by atoms with Crippen LogP contribution in [0.4, 0.5) is 13.2 Å². The Labute approximate surface area is 84.2 Å². The average molecular weight is 221 g/mol. The number of rotatable bonds is 4. The average Bonchev–Trinajstić information content (AvgIpc) is 2.18. The number of halogens is 3. The van der Waals surface area contributed by atoms with Gasteiger partial charge in [0, 0.05) is 13.0 Å². The van der Waals surface area contributed by atoms with E-state index in [0.717, 1.165) is 18.3 Å². The fourth-order valence-corrected chi connectivity index (χ4v) is 1.05. The van der Waals surface area contributed by atoms with Gasteiger partial charge in [0.15, 0.2) is 6.10 Å². The Morgan fingerprint density at radius 1 is 1.40 bits per heavy atom. The van der Waals surface area contributed by atoms with Gasteiger partial charge in [-0.3, -0.25) is 4.98 Å². The van der Waals surface area contributed by atoms with Crippen molar-refractivity contribution in [2.75, 3.05) is 6.61 Å². The fraction of sp³-hybridized carbons (Fsp3) is 0.444. The van der Waals surface area contributed by atoms with Gasteiger partial charge >= 0.3 is 0 Å². The monoisotopic (exact) mass is 221 g/mol. The minimum atomic E-state index is -3.47. The van der Waals surface area contributed by atoms with E-state index in [-0.39, 0.29) is 5.69 Å². The molecule has 1 unspecified atom stereocenters. The van der Waals surface area contributed by atoms with Crippen molar-refractivity contribution < 1.29 is 23.4 Å². The summed E-state index contributed by atoms with van der Waals surface area (Å²) in [6, 6.07) is 1.91. The van der Waals surface area contributed by atoms with Crippen molar-refractivity contribution in [3.05, 3.63) is 29.8 Å². The number of aromatic nitrogens is 1. The van der Waals surface area contributed by atoms with E-state index in [0.29, 0.717) is 0 Å². The zero-order chi connectivity index (χ0) is 11.5. The second-order valence-corrected chi connectivity index (χ2v) is 3.04. The van der Waals surface area contributed by atoms with E-state index in [9.17, 15) is 18.3 Å². The molecule has 3 nitrogen and oxygen atoms in total. The summed E-state index contributed by atoms with van der Waals surface area (Å²) in [7, 11) is 0. The summed E-state index contributed by atoms with van der Waals surface area (Å²) in [6.45, 7) is -0.745. The van der Waals surface area contributed by atoms with Gasteiger partial charge in [-0.25, -0.2) is 13.2 Å². The minimum absolute atomic E-state index is 0.324. The molecule has 0 aliphatic carbocycles. The van der Waals surface area contributed by atoms with E-state index in [1.54, 1.807) is 0 Å². The summed E-state index contributed by atoms with van der Waals surface area (Å²) in [5, 5.41) is 17.6. The molecule has 0 amide bonds. The second-order valence-electron chi connectivity index (χ2n) is 3.04. The van der Waals surface area contributed by atoms with Crippen LogP contribution in [-0.4, -0.2) is 27.7 Å². The van der Waals surface area contributed by atoms with E-state index < -0.39 is 30.9 Å². The molecule has 84 valence electrons. The highest BCUT2D eigenvalue weighted by molar-refractivity contribution is 5.10. The van der Waals surface area contributed by atoms with E-state index in [2.05, 4.69) is 4.98 Å². The molecule has 0 aromatic carbocycles. The van der Waals surface area contributed by atoms with Crippen LogP contribution in [0.1, 0.15) is 18.2 Å². The molecule has 0 radical (unpaired) electrons. The lowest BCUT2D eigenvalue weighted by molar-refractivity contribution is -0.123. The Morgan fingerprint density at radius 2 is 2.07 bits per heavy atom. The van der Waals surface area contributed by atoms with Crippen molar-refractivity contribution in [2.24, 2.45) is 0 Å². The summed E-state index contributed by atoms with van der Waals surface area (Å²) in [6.07, 6.45) is -2.26. The zero-order valence-electron chi connectivity index (χ0n) is 7.70. The van der Waals surface area contributed by atoms with Gasteiger partial charge in [0.1, 0.15) is 5.82 Å². The molecule has 0 aliphatic heterocycles. The highest BCUT2D eigenvalue weighted by Gasteiger charge is 2.39. The molecular formula is C9H10F3NO2. The molecule has 1 aromatic rings. The quantitative estimate of drug-likeness (QED) is 0.805. The molecule has 0 aliphatic rings. The Balaban J connectivity index is 2.84. The Morgan fingerprint density at radius 3 is 2.53 bits per heavy atom. The third kappa shape index (κ3) is 2.90. The standard InChI is InChI=1S/C9H10F3NO2/c10-6-1-2-7(13-5-6)8(15)9(11,12)3-4-14/h1-2,5,8,14-15H,3-4H2. The lowest BCUT2D eigenvalue weighted by Crippen LogP contribution is -2.28. The van der Waals surface area contributed by atoms with Crippen LogP contribution in [0.2, 0.25) is 0 Å². The zero-order valence-corrected chi connectivity index (χ0v) is 7.70. The largest absolute Gasteiger partial charge is 0.396 e. The maximum absolute atomic E-state index is 13.1. The number of hydrogen-bond donors (Lipinski definition) is 2. The summed E-state index contributed by atoms with van der Waals surface area (Å²) in [5.41, 5.74) is -0.324. The van der Waals surface area contributed by atoms with Crippen molar-refractivity contribution >= 4 is 0 Å². The highest BCUT2D eigenvalue weighted by atomic mass is 19.3.